The van der Waals surface area contributed by atoms with Crippen molar-refractivity contribution in [2.75, 3.05) is 6.54 Å². The highest BCUT2D eigenvalue weighted by Gasteiger charge is 2.22. The number of carbonyl (C=O) groups is 2. The summed E-state index contributed by atoms with van der Waals surface area (Å²) < 4.78 is 0. The van der Waals surface area contributed by atoms with Crippen molar-refractivity contribution in [3.63, 3.8) is 0 Å². The molecule has 1 amide bonds. The zero-order valence-electron chi connectivity index (χ0n) is 9.61. The maximum Gasteiger partial charge on any atom is 0.326 e. The van der Waals surface area contributed by atoms with Gasteiger partial charge in [0.1, 0.15) is 6.04 Å². The van der Waals surface area contributed by atoms with E-state index in [1.807, 2.05) is 0 Å². The number of amides is 1. The molecule has 0 aromatic heterocycles. The van der Waals surface area contributed by atoms with Crippen LogP contribution in [0, 0.1) is 0 Å². The summed E-state index contributed by atoms with van der Waals surface area (Å²) in [7, 11) is 0. The minimum atomic E-state index is -0.902. The molecule has 0 aromatic carbocycles. The number of hydrogen-bond donors (Lipinski definition) is 1. The van der Waals surface area contributed by atoms with Crippen LogP contribution in [0.3, 0.4) is 0 Å². The molecule has 0 saturated carbocycles. The van der Waals surface area contributed by atoms with Crippen LogP contribution in [0.5, 0.6) is 0 Å². The number of carbonyl (C=O) groups excluding carboxylic acids is 1. The highest BCUT2D eigenvalue weighted by atomic mass is 16.4. The average molecular weight is 215 g/mol. The number of carboxylic acids is 1. The van der Waals surface area contributed by atoms with Crippen molar-refractivity contribution in [1.82, 2.24) is 4.90 Å². The molecule has 0 saturated heterocycles. The molecule has 0 aliphatic heterocycles. The fraction of sp³-hybridized carbons (Fsp3) is 0.818. The first kappa shape index (κ1) is 13.9. The third-order valence-corrected chi connectivity index (χ3v) is 2.52. The van der Waals surface area contributed by atoms with Crippen LogP contribution in [0.1, 0.15) is 46.0 Å². The van der Waals surface area contributed by atoms with Crippen LogP contribution in [0.2, 0.25) is 0 Å². The molecule has 4 nitrogen and oxygen atoms in total. The normalized spacial score (nSPS) is 12.1. The Hall–Kier alpha value is -1.06. The number of unbranched alkanes of at least 4 members (excludes halogenated alkanes) is 3. The second-order valence-electron chi connectivity index (χ2n) is 3.64. The monoisotopic (exact) mass is 215 g/mol. The fourth-order valence-electron chi connectivity index (χ4n) is 1.56. The van der Waals surface area contributed by atoms with Crippen molar-refractivity contribution in [1.29, 1.82) is 0 Å². The molecule has 0 heterocycles. The van der Waals surface area contributed by atoms with Gasteiger partial charge in [0.2, 0.25) is 6.41 Å². The molecule has 88 valence electrons. The summed E-state index contributed by atoms with van der Waals surface area (Å²) in [6, 6.07) is -0.649. The van der Waals surface area contributed by atoms with Crippen LogP contribution in [0.25, 0.3) is 0 Å². The Morgan fingerprint density at radius 1 is 1.33 bits per heavy atom. The molecule has 0 aliphatic carbocycles. The van der Waals surface area contributed by atoms with Crippen molar-refractivity contribution in [3.8, 4) is 0 Å². The summed E-state index contributed by atoms with van der Waals surface area (Å²) in [6.45, 7) is 4.35. The first-order valence-electron chi connectivity index (χ1n) is 5.61. The van der Waals surface area contributed by atoms with Crippen LogP contribution >= 0.6 is 0 Å². The van der Waals surface area contributed by atoms with Gasteiger partial charge in [0.25, 0.3) is 0 Å². The van der Waals surface area contributed by atoms with Gasteiger partial charge in [-0.15, -0.1) is 0 Å². The van der Waals surface area contributed by atoms with Crippen LogP contribution in [-0.4, -0.2) is 35.0 Å². The van der Waals surface area contributed by atoms with Crippen LogP contribution in [-0.2, 0) is 9.59 Å². The standard InChI is InChI=1S/C11H21NO3/c1-3-5-6-7-8-10(11(14)15)12(4-2)9-13/h9-10H,3-8H2,1-2H3,(H,14,15). The van der Waals surface area contributed by atoms with E-state index in [-0.39, 0.29) is 0 Å². The highest BCUT2D eigenvalue weighted by molar-refractivity contribution is 5.76. The number of nitrogens with zero attached hydrogens (tertiary/aromatic N) is 1. The molecule has 1 atom stereocenters. The maximum atomic E-state index is 10.9. The molecule has 0 rings (SSSR count). The van der Waals surface area contributed by atoms with Crippen molar-refractivity contribution in [3.05, 3.63) is 0 Å². The van der Waals surface area contributed by atoms with Gasteiger partial charge in [-0.1, -0.05) is 32.6 Å². The quantitative estimate of drug-likeness (QED) is 0.472. The zero-order chi connectivity index (χ0) is 11.7. The van der Waals surface area contributed by atoms with Gasteiger partial charge in [-0.05, 0) is 13.3 Å². The molecule has 0 radical (unpaired) electrons. The van der Waals surface area contributed by atoms with Gasteiger partial charge < -0.3 is 10.0 Å². The summed E-state index contributed by atoms with van der Waals surface area (Å²) >= 11 is 0. The molecule has 1 unspecified atom stereocenters. The molecule has 0 aliphatic rings. The van der Waals surface area contributed by atoms with E-state index in [2.05, 4.69) is 6.92 Å². The van der Waals surface area contributed by atoms with Crippen LogP contribution < -0.4 is 0 Å². The first-order valence-corrected chi connectivity index (χ1v) is 5.61. The predicted octanol–water partition coefficient (Wildman–Crippen LogP) is 1.89. The van der Waals surface area contributed by atoms with Gasteiger partial charge in [0.05, 0.1) is 0 Å². The molecule has 15 heavy (non-hydrogen) atoms. The Morgan fingerprint density at radius 3 is 2.40 bits per heavy atom. The molecule has 0 bridgehead atoms. The van der Waals surface area contributed by atoms with E-state index in [1.165, 1.54) is 4.90 Å². The van der Waals surface area contributed by atoms with Gasteiger partial charge in [-0.2, -0.15) is 0 Å². The van der Waals surface area contributed by atoms with E-state index < -0.39 is 12.0 Å². The van der Waals surface area contributed by atoms with Gasteiger partial charge in [-0.25, -0.2) is 4.79 Å². The van der Waals surface area contributed by atoms with Crippen LogP contribution in [0.15, 0.2) is 0 Å². The summed E-state index contributed by atoms with van der Waals surface area (Å²) in [4.78, 5) is 22.9. The van der Waals surface area contributed by atoms with Gasteiger partial charge in [0.15, 0.2) is 0 Å². The smallest absolute Gasteiger partial charge is 0.326 e. The Balaban J connectivity index is 4.03. The lowest BCUT2D eigenvalue weighted by Gasteiger charge is -2.23. The molecular weight excluding hydrogens is 194 g/mol. The minimum Gasteiger partial charge on any atom is -0.480 e. The fourth-order valence-corrected chi connectivity index (χ4v) is 1.56. The van der Waals surface area contributed by atoms with E-state index in [4.69, 9.17) is 5.11 Å². The van der Waals surface area contributed by atoms with E-state index >= 15 is 0 Å². The highest BCUT2D eigenvalue weighted by Crippen LogP contribution is 2.10. The number of rotatable bonds is 9. The number of carboxylic acid groups (broad SMARTS) is 1. The van der Waals surface area contributed by atoms with Crippen molar-refractivity contribution in [2.45, 2.75) is 52.0 Å². The van der Waals surface area contributed by atoms with E-state index in [0.29, 0.717) is 19.4 Å². The lowest BCUT2D eigenvalue weighted by molar-refractivity contribution is -0.146. The average Bonchev–Trinajstić information content (AvgIpc) is 2.22. The van der Waals surface area contributed by atoms with Crippen molar-refractivity contribution >= 4 is 12.4 Å². The minimum absolute atomic E-state index is 0.453. The Bertz CT molecular complexity index is 194. The second-order valence-corrected chi connectivity index (χ2v) is 3.64. The lowest BCUT2D eigenvalue weighted by Crippen LogP contribution is -2.40. The van der Waals surface area contributed by atoms with Gasteiger partial charge in [-0.3, -0.25) is 4.79 Å². The SMILES string of the molecule is CCCCCCC(C(=O)O)N(C=O)CC. The predicted molar refractivity (Wildman–Crippen MR) is 58.6 cm³/mol. The van der Waals surface area contributed by atoms with Gasteiger partial charge >= 0.3 is 5.97 Å². The molecule has 0 fully saturated rings. The Labute approximate surface area is 91.3 Å². The zero-order valence-corrected chi connectivity index (χ0v) is 9.61. The molecule has 0 spiro atoms. The number of hydrogen-bond acceptors (Lipinski definition) is 2. The lowest BCUT2D eigenvalue weighted by atomic mass is 10.1. The van der Waals surface area contributed by atoms with Crippen LogP contribution in [0.4, 0.5) is 0 Å². The van der Waals surface area contributed by atoms with Gasteiger partial charge in [0, 0.05) is 6.54 Å². The summed E-state index contributed by atoms with van der Waals surface area (Å²) in [6.07, 6.45) is 5.34. The Morgan fingerprint density at radius 2 is 2.00 bits per heavy atom. The summed E-state index contributed by atoms with van der Waals surface area (Å²) in [5, 5.41) is 8.96. The summed E-state index contributed by atoms with van der Waals surface area (Å²) in [5.41, 5.74) is 0. The third-order valence-electron chi connectivity index (χ3n) is 2.52. The van der Waals surface area contributed by atoms with E-state index in [1.54, 1.807) is 6.92 Å². The van der Waals surface area contributed by atoms with E-state index in [0.717, 1.165) is 25.7 Å². The second kappa shape index (κ2) is 8.26. The molecular formula is C11H21NO3. The largest absolute Gasteiger partial charge is 0.480 e. The first-order chi connectivity index (χ1) is 7.17. The maximum absolute atomic E-state index is 10.9. The topological polar surface area (TPSA) is 57.6 Å². The van der Waals surface area contributed by atoms with Crippen molar-refractivity contribution in [2.24, 2.45) is 0 Å². The number of likely N-dealkylation sites (N-methyl/N-ethyl adjacent to an activating group) is 1. The Kier molecular flexibility index (Phi) is 7.68. The van der Waals surface area contributed by atoms with E-state index in [9.17, 15) is 9.59 Å². The number of aliphatic carboxylic acids is 1. The molecule has 4 heteroatoms. The third kappa shape index (κ3) is 5.40. The molecule has 1 N–H and O–H groups in total. The molecule has 0 aromatic rings. The van der Waals surface area contributed by atoms with Crippen molar-refractivity contribution < 1.29 is 14.7 Å². The summed E-state index contributed by atoms with van der Waals surface area (Å²) in [5.74, 6) is -0.902.